The molecule has 0 fully saturated rings. The quantitative estimate of drug-likeness (QED) is 0.186. The minimum Gasteiger partial charge on any atom is -0.598 e. The van der Waals surface area contributed by atoms with Crippen molar-refractivity contribution < 1.29 is 40.4 Å². The molecule has 218 valence electrons. The predicted octanol–water partition coefficient (Wildman–Crippen LogP) is 7.53. The molecule has 0 aliphatic carbocycles. The largest absolute Gasteiger partial charge is 0.598 e. The number of halogens is 6. The molecule has 0 heterocycles. The molecule has 3 aromatic rings. The van der Waals surface area contributed by atoms with Crippen LogP contribution in [0.25, 0.3) is 0 Å². The van der Waals surface area contributed by atoms with Gasteiger partial charge >= 0.3 is 12.5 Å². The Balaban J connectivity index is 2.32. The summed E-state index contributed by atoms with van der Waals surface area (Å²) in [4.78, 5) is 0. The van der Waals surface area contributed by atoms with E-state index in [0.29, 0.717) is 11.6 Å². The van der Waals surface area contributed by atoms with E-state index in [1.807, 2.05) is 0 Å². The summed E-state index contributed by atoms with van der Waals surface area (Å²) in [6.07, 6.45) is -9.49. The van der Waals surface area contributed by atoms with Crippen molar-refractivity contribution in [3.8, 4) is 11.5 Å². The Morgan fingerprint density at radius 2 is 1.55 bits per heavy atom. The molecule has 0 saturated carbocycles. The zero-order valence-corrected chi connectivity index (χ0v) is 23.4. The zero-order valence-electron chi connectivity index (χ0n) is 22.6. The third-order valence-corrected chi connectivity index (χ3v) is 7.44. The SMILES string of the molecule is CC(C)Oc1ccc([C@@](Cc2ccccc2)(N[S+]([O-])C(C)(C)C)c2cc(F)cc(OC(F)(F)C(F)F)c2)cc1F. The lowest BCUT2D eigenvalue weighted by molar-refractivity contribution is -0.253. The molecule has 4 nitrogen and oxygen atoms in total. The first-order chi connectivity index (χ1) is 18.5. The highest BCUT2D eigenvalue weighted by Crippen LogP contribution is 2.40. The molecule has 0 aliphatic rings. The highest BCUT2D eigenvalue weighted by atomic mass is 32.2. The fourth-order valence-electron chi connectivity index (χ4n) is 3.92. The van der Waals surface area contributed by atoms with Crippen molar-refractivity contribution in [2.45, 2.75) is 70.0 Å². The van der Waals surface area contributed by atoms with Gasteiger partial charge in [-0.1, -0.05) is 36.4 Å². The second-order valence-electron chi connectivity index (χ2n) is 10.5. The Morgan fingerprint density at radius 1 is 0.900 bits per heavy atom. The molecular formula is C29H31F6NO3S. The number of benzene rings is 3. The van der Waals surface area contributed by atoms with E-state index < -0.39 is 51.6 Å². The molecule has 0 spiro atoms. The summed E-state index contributed by atoms with van der Waals surface area (Å²) < 4.78 is 109. The van der Waals surface area contributed by atoms with E-state index in [-0.39, 0.29) is 29.4 Å². The molecule has 3 rings (SSSR count). The molecule has 0 bridgehead atoms. The maximum atomic E-state index is 15.3. The Kier molecular flexibility index (Phi) is 9.74. The molecule has 2 atom stereocenters. The van der Waals surface area contributed by atoms with Gasteiger partial charge in [0.1, 0.15) is 21.9 Å². The van der Waals surface area contributed by atoms with E-state index in [9.17, 15) is 26.5 Å². The van der Waals surface area contributed by atoms with Gasteiger partial charge in [0.05, 0.1) is 6.10 Å². The summed E-state index contributed by atoms with van der Waals surface area (Å²) in [5.74, 6) is -2.81. The molecule has 11 heteroatoms. The average molecular weight is 588 g/mol. The van der Waals surface area contributed by atoms with E-state index in [0.717, 1.165) is 18.2 Å². The molecule has 0 radical (unpaired) electrons. The predicted molar refractivity (Wildman–Crippen MR) is 142 cm³/mol. The molecule has 1 unspecified atom stereocenters. The van der Waals surface area contributed by atoms with Crippen molar-refractivity contribution in [1.82, 2.24) is 4.72 Å². The van der Waals surface area contributed by atoms with Crippen LogP contribution in [-0.4, -0.2) is 27.9 Å². The maximum absolute atomic E-state index is 15.3. The van der Waals surface area contributed by atoms with Gasteiger partial charge in [0.25, 0.3) is 0 Å². The fourth-order valence-corrected chi connectivity index (χ4v) is 4.85. The Labute approximate surface area is 233 Å². The number of rotatable bonds is 11. The Bertz CT molecular complexity index is 1290. The van der Waals surface area contributed by atoms with Crippen LogP contribution < -0.4 is 14.2 Å². The number of alkyl halides is 4. The van der Waals surface area contributed by atoms with E-state index in [4.69, 9.17) is 4.74 Å². The summed E-state index contributed by atoms with van der Waals surface area (Å²) in [5, 5.41) is 0. The van der Waals surface area contributed by atoms with Gasteiger partial charge in [0.15, 0.2) is 11.6 Å². The summed E-state index contributed by atoms with van der Waals surface area (Å²) in [5.41, 5.74) is -1.03. The monoisotopic (exact) mass is 587 g/mol. The van der Waals surface area contributed by atoms with Gasteiger partial charge in [0, 0.05) is 23.8 Å². The number of ether oxygens (including phenoxy) is 2. The van der Waals surface area contributed by atoms with Crippen LogP contribution in [0.5, 0.6) is 11.5 Å². The summed E-state index contributed by atoms with van der Waals surface area (Å²) in [7, 11) is 0. The van der Waals surface area contributed by atoms with Crippen molar-refractivity contribution in [1.29, 1.82) is 0 Å². The fraction of sp³-hybridized carbons (Fsp3) is 0.379. The van der Waals surface area contributed by atoms with E-state index in [1.165, 1.54) is 12.1 Å². The van der Waals surface area contributed by atoms with Crippen molar-refractivity contribution in [3.05, 3.63) is 95.1 Å². The first kappa shape index (κ1) is 31.6. The lowest BCUT2D eigenvalue weighted by Gasteiger charge is -2.39. The summed E-state index contributed by atoms with van der Waals surface area (Å²) in [6.45, 7) is 8.45. The lowest BCUT2D eigenvalue weighted by atomic mass is 9.78. The van der Waals surface area contributed by atoms with Crippen LogP contribution >= 0.6 is 0 Å². The minimum atomic E-state index is -4.91. The molecule has 1 N–H and O–H groups in total. The summed E-state index contributed by atoms with van der Waals surface area (Å²) in [6, 6.07) is 15.1. The minimum absolute atomic E-state index is 0.0619. The highest BCUT2D eigenvalue weighted by molar-refractivity contribution is 7.90. The summed E-state index contributed by atoms with van der Waals surface area (Å²) >= 11 is -1.88. The van der Waals surface area contributed by atoms with Crippen LogP contribution in [0.4, 0.5) is 26.3 Å². The highest BCUT2D eigenvalue weighted by Gasteiger charge is 2.46. The van der Waals surface area contributed by atoms with Crippen LogP contribution in [0.3, 0.4) is 0 Å². The van der Waals surface area contributed by atoms with Crippen LogP contribution in [0.1, 0.15) is 51.3 Å². The van der Waals surface area contributed by atoms with Crippen LogP contribution in [0.2, 0.25) is 0 Å². The van der Waals surface area contributed by atoms with Crippen molar-refractivity contribution in [2.75, 3.05) is 0 Å². The van der Waals surface area contributed by atoms with Crippen molar-refractivity contribution in [2.24, 2.45) is 0 Å². The van der Waals surface area contributed by atoms with Crippen LogP contribution in [0, 0.1) is 11.6 Å². The second-order valence-corrected chi connectivity index (χ2v) is 12.5. The Hall–Kier alpha value is -2.89. The van der Waals surface area contributed by atoms with Crippen LogP contribution in [0.15, 0.2) is 66.7 Å². The lowest BCUT2D eigenvalue weighted by Crippen LogP contribution is -2.53. The van der Waals surface area contributed by atoms with E-state index in [1.54, 1.807) is 65.0 Å². The van der Waals surface area contributed by atoms with Crippen LogP contribution in [-0.2, 0) is 23.3 Å². The molecular weight excluding hydrogens is 556 g/mol. The van der Waals surface area contributed by atoms with Gasteiger partial charge < -0.3 is 14.0 Å². The first-order valence-electron chi connectivity index (χ1n) is 12.4. The molecule has 0 aliphatic heterocycles. The molecule has 0 saturated heterocycles. The zero-order chi connectivity index (χ0) is 29.9. The number of hydrogen-bond donors (Lipinski definition) is 1. The topological polar surface area (TPSA) is 53.5 Å². The third-order valence-electron chi connectivity index (χ3n) is 5.79. The molecule has 40 heavy (non-hydrogen) atoms. The normalized spacial score (nSPS) is 14.8. The van der Waals surface area contributed by atoms with Gasteiger partial charge in [-0.15, -0.1) is 4.72 Å². The first-order valence-corrected chi connectivity index (χ1v) is 13.5. The van der Waals surface area contributed by atoms with E-state index in [2.05, 4.69) is 9.46 Å². The van der Waals surface area contributed by atoms with Crippen molar-refractivity contribution in [3.63, 3.8) is 0 Å². The van der Waals surface area contributed by atoms with E-state index >= 15 is 4.39 Å². The average Bonchev–Trinajstić information content (AvgIpc) is 2.83. The van der Waals surface area contributed by atoms with Crippen molar-refractivity contribution >= 4 is 11.4 Å². The van der Waals surface area contributed by atoms with Gasteiger partial charge in [-0.3, -0.25) is 0 Å². The third kappa shape index (κ3) is 7.64. The van der Waals surface area contributed by atoms with Gasteiger partial charge in [-0.05, 0) is 75.6 Å². The smallest absolute Gasteiger partial charge is 0.461 e. The molecule has 3 aromatic carbocycles. The molecule has 0 aromatic heterocycles. The number of nitrogens with one attached hydrogen (secondary N) is 1. The van der Waals surface area contributed by atoms with Gasteiger partial charge in [0.2, 0.25) is 0 Å². The second kappa shape index (κ2) is 12.3. The van der Waals surface area contributed by atoms with Gasteiger partial charge in [-0.2, -0.15) is 17.6 Å². The standard InChI is InChI=1S/C29H31F6NO3S/c1-18(2)38-25-12-11-20(15-24(25)31)28(36-40(37)27(3,4)5,17-19-9-7-6-8-10-19)21-13-22(30)16-23(14-21)39-29(34,35)26(32)33/h6-16,18,26,36H,17H2,1-5H3/t28-,40?/m1/s1. The molecule has 0 amide bonds. The Morgan fingerprint density at radius 3 is 2.10 bits per heavy atom. The van der Waals surface area contributed by atoms with Gasteiger partial charge in [-0.25, -0.2) is 8.78 Å². The number of hydrogen-bond acceptors (Lipinski definition) is 4. The maximum Gasteiger partial charge on any atom is 0.461 e.